The standard InChI is InChI=1S/C18H28N4O4S/c1-14(2)8-9-17(19)21-26-13-18(23)20-15-6-5-7-16(12-15)27(24,25)22-10-3-4-11-22/h5-7,12,14H,3-4,8-11,13H2,1-2H3,(H2,19,21)(H,20,23). The van der Waals surface area contributed by atoms with Crippen molar-refractivity contribution in [1.82, 2.24) is 4.31 Å². The van der Waals surface area contributed by atoms with E-state index in [1.54, 1.807) is 12.1 Å². The number of anilines is 1. The van der Waals surface area contributed by atoms with Crippen molar-refractivity contribution in [2.24, 2.45) is 16.8 Å². The Bertz CT molecular complexity index is 771. The number of carbonyl (C=O) groups is 1. The topological polar surface area (TPSA) is 114 Å². The second kappa shape index (κ2) is 9.70. The maximum absolute atomic E-state index is 12.6. The SMILES string of the molecule is CC(C)CC/C(N)=N/OCC(=O)Nc1cccc(S(=O)(=O)N2CCCC2)c1. The second-order valence-corrected chi connectivity index (χ2v) is 8.91. The van der Waals surface area contributed by atoms with E-state index < -0.39 is 15.9 Å². The van der Waals surface area contributed by atoms with Gasteiger partial charge in [-0.2, -0.15) is 4.31 Å². The number of hydrogen-bond donors (Lipinski definition) is 2. The lowest BCUT2D eigenvalue weighted by Crippen LogP contribution is -2.28. The molecule has 1 aromatic carbocycles. The molecule has 8 nitrogen and oxygen atoms in total. The van der Waals surface area contributed by atoms with E-state index in [0.29, 0.717) is 37.0 Å². The lowest BCUT2D eigenvalue weighted by molar-refractivity contribution is -0.120. The summed E-state index contributed by atoms with van der Waals surface area (Å²) in [6.07, 6.45) is 3.24. The molecule has 0 aromatic heterocycles. The minimum Gasteiger partial charge on any atom is -0.384 e. The minimum atomic E-state index is -3.53. The van der Waals surface area contributed by atoms with Gasteiger partial charge in [0.2, 0.25) is 10.0 Å². The van der Waals surface area contributed by atoms with Crippen molar-refractivity contribution < 1.29 is 18.0 Å². The van der Waals surface area contributed by atoms with Gasteiger partial charge in [-0.1, -0.05) is 25.1 Å². The van der Waals surface area contributed by atoms with Gasteiger partial charge in [-0.3, -0.25) is 4.79 Å². The first kappa shape index (κ1) is 21.2. The summed E-state index contributed by atoms with van der Waals surface area (Å²) in [4.78, 5) is 17.1. The van der Waals surface area contributed by atoms with Crippen LogP contribution in [0.15, 0.2) is 34.3 Å². The molecule has 0 aliphatic carbocycles. The Morgan fingerprint density at radius 1 is 1.33 bits per heavy atom. The third kappa shape index (κ3) is 6.51. The molecule has 9 heteroatoms. The van der Waals surface area contributed by atoms with Gasteiger partial charge in [-0.05, 0) is 43.4 Å². The highest BCUT2D eigenvalue weighted by molar-refractivity contribution is 7.89. The molecule has 3 N–H and O–H groups in total. The summed E-state index contributed by atoms with van der Waals surface area (Å²) in [5.74, 6) is 0.410. The fourth-order valence-corrected chi connectivity index (χ4v) is 4.23. The van der Waals surface area contributed by atoms with Crippen LogP contribution in [0.3, 0.4) is 0 Å². The van der Waals surface area contributed by atoms with Crippen LogP contribution >= 0.6 is 0 Å². The van der Waals surface area contributed by atoms with E-state index in [-0.39, 0.29) is 11.5 Å². The molecule has 0 bridgehead atoms. The molecule has 1 saturated heterocycles. The Morgan fingerprint density at radius 2 is 2.04 bits per heavy atom. The van der Waals surface area contributed by atoms with Crippen molar-refractivity contribution in [1.29, 1.82) is 0 Å². The van der Waals surface area contributed by atoms with Crippen molar-refractivity contribution in [3.8, 4) is 0 Å². The number of hydrogen-bond acceptors (Lipinski definition) is 5. The Labute approximate surface area is 160 Å². The van der Waals surface area contributed by atoms with Crippen LogP contribution < -0.4 is 11.1 Å². The first-order valence-electron chi connectivity index (χ1n) is 9.13. The second-order valence-electron chi connectivity index (χ2n) is 6.98. The molecule has 0 radical (unpaired) electrons. The number of amides is 1. The molecule has 0 spiro atoms. The number of rotatable bonds is 9. The van der Waals surface area contributed by atoms with Crippen LogP contribution in [-0.2, 0) is 19.7 Å². The van der Waals surface area contributed by atoms with Crippen LogP contribution in [0, 0.1) is 5.92 Å². The molecule has 1 aliphatic rings. The number of nitrogens with two attached hydrogens (primary N) is 1. The Balaban J connectivity index is 1.90. The molecule has 1 amide bonds. The zero-order valence-corrected chi connectivity index (χ0v) is 16.7. The van der Waals surface area contributed by atoms with Gasteiger partial charge in [0.1, 0.15) is 5.84 Å². The zero-order chi connectivity index (χ0) is 19.9. The van der Waals surface area contributed by atoms with Crippen LogP contribution in [0.25, 0.3) is 0 Å². The number of oxime groups is 1. The van der Waals surface area contributed by atoms with Crippen LogP contribution in [0.1, 0.15) is 39.5 Å². The Morgan fingerprint density at radius 3 is 2.70 bits per heavy atom. The third-order valence-electron chi connectivity index (χ3n) is 4.18. The van der Waals surface area contributed by atoms with E-state index in [0.717, 1.165) is 19.3 Å². The first-order chi connectivity index (χ1) is 12.8. The molecule has 1 aromatic rings. The summed E-state index contributed by atoms with van der Waals surface area (Å²) in [6.45, 7) is 4.93. The van der Waals surface area contributed by atoms with Gasteiger partial charge >= 0.3 is 0 Å². The highest BCUT2D eigenvalue weighted by atomic mass is 32.2. The van der Waals surface area contributed by atoms with E-state index in [1.165, 1.54) is 16.4 Å². The molecule has 150 valence electrons. The lowest BCUT2D eigenvalue weighted by atomic mass is 10.1. The van der Waals surface area contributed by atoms with Crippen molar-refractivity contribution in [2.45, 2.75) is 44.4 Å². The molecule has 1 heterocycles. The van der Waals surface area contributed by atoms with Crippen LogP contribution in [0.5, 0.6) is 0 Å². The summed E-state index contributed by atoms with van der Waals surface area (Å²) in [6, 6.07) is 6.20. The zero-order valence-electron chi connectivity index (χ0n) is 15.8. The van der Waals surface area contributed by atoms with Gasteiger partial charge in [0.15, 0.2) is 6.61 Å². The van der Waals surface area contributed by atoms with Gasteiger partial charge < -0.3 is 15.9 Å². The molecule has 0 unspecified atom stereocenters. The Kier molecular flexibility index (Phi) is 7.61. The highest BCUT2D eigenvalue weighted by Crippen LogP contribution is 2.23. The van der Waals surface area contributed by atoms with Crippen molar-refractivity contribution in [2.75, 3.05) is 25.0 Å². The van der Waals surface area contributed by atoms with Gasteiger partial charge in [0.05, 0.1) is 4.90 Å². The van der Waals surface area contributed by atoms with Gasteiger partial charge in [0.25, 0.3) is 5.91 Å². The largest absolute Gasteiger partial charge is 0.384 e. The molecule has 1 fully saturated rings. The maximum Gasteiger partial charge on any atom is 0.265 e. The van der Waals surface area contributed by atoms with Gasteiger partial charge in [-0.25, -0.2) is 8.42 Å². The van der Waals surface area contributed by atoms with E-state index in [2.05, 4.69) is 24.3 Å². The van der Waals surface area contributed by atoms with Crippen molar-refractivity contribution in [3.63, 3.8) is 0 Å². The van der Waals surface area contributed by atoms with Crippen molar-refractivity contribution >= 4 is 27.5 Å². The number of benzene rings is 1. The number of nitrogens with zero attached hydrogens (tertiary/aromatic N) is 2. The highest BCUT2D eigenvalue weighted by Gasteiger charge is 2.27. The summed E-state index contributed by atoms with van der Waals surface area (Å²) in [7, 11) is -3.53. The summed E-state index contributed by atoms with van der Waals surface area (Å²) < 4.78 is 26.6. The summed E-state index contributed by atoms with van der Waals surface area (Å²) in [5, 5.41) is 6.33. The minimum absolute atomic E-state index is 0.166. The fourth-order valence-electron chi connectivity index (χ4n) is 2.66. The van der Waals surface area contributed by atoms with Crippen LogP contribution in [0.2, 0.25) is 0 Å². The van der Waals surface area contributed by atoms with E-state index in [4.69, 9.17) is 10.6 Å². The number of nitrogens with one attached hydrogen (secondary N) is 1. The van der Waals surface area contributed by atoms with Gasteiger partial charge in [0, 0.05) is 25.2 Å². The summed E-state index contributed by atoms with van der Waals surface area (Å²) in [5.41, 5.74) is 6.10. The molecule has 27 heavy (non-hydrogen) atoms. The molecular formula is C18H28N4O4S. The predicted octanol–water partition coefficient (Wildman–Crippen LogP) is 2.13. The maximum atomic E-state index is 12.6. The van der Waals surface area contributed by atoms with Crippen molar-refractivity contribution in [3.05, 3.63) is 24.3 Å². The lowest BCUT2D eigenvalue weighted by Gasteiger charge is -2.16. The molecule has 0 saturated carbocycles. The van der Waals surface area contributed by atoms with Crippen LogP contribution in [0.4, 0.5) is 5.69 Å². The quantitative estimate of drug-likeness (QED) is 0.377. The average molecular weight is 397 g/mol. The first-order valence-corrected chi connectivity index (χ1v) is 10.6. The summed E-state index contributed by atoms with van der Waals surface area (Å²) >= 11 is 0. The van der Waals surface area contributed by atoms with E-state index >= 15 is 0 Å². The van der Waals surface area contributed by atoms with Crippen LogP contribution in [-0.4, -0.2) is 44.2 Å². The Hall–Kier alpha value is -2.13. The average Bonchev–Trinajstić information content (AvgIpc) is 3.15. The molecular weight excluding hydrogens is 368 g/mol. The smallest absolute Gasteiger partial charge is 0.265 e. The predicted molar refractivity (Wildman–Crippen MR) is 105 cm³/mol. The number of amidine groups is 1. The fraction of sp³-hybridized carbons (Fsp3) is 0.556. The molecule has 2 rings (SSSR count). The molecule has 0 atom stereocenters. The normalized spacial score (nSPS) is 15.9. The number of carbonyl (C=O) groups excluding carboxylic acids is 1. The third-order valence-corrected chi connectivity index (χ3v) is 6.07. The molecule has 1 aliphatic heterocycles. The van der Waals surface area contributed by atoms with E-state index in [1.807, 2.05) is 0 Å². The van der Waals surface area contributed by atoms with Gasteiger partial charge in [-0.15, -0.1) is 0 Å². The number of sulfonamides is 1. The van der Waals surface area contributed by atoms with E-state index in [9.17, 15) is 13.2 Å². The monoisotopic (exact) mass is 396 g/mol.